The molecule has 4 heterocycles. The van der Waals surface area contributed by atoms with Crippen LogP contribution in [0.1, 0.15) is 49.5 Å². The van der Waals surface area contributed by atoms with Gasteiger partial charge in [-0.2, -0.15) is 0 Å². The van der Waals surface area contributed by atoms with Crippen LogP contribution in [0.3, 0.4) is 0 Å². The molecule has 0 bridgehead atoms. The first-order chi connectivity index (χ1) is 13.8. The minimum Gasteiger partial charge on any atom is -0.371 e. The summed E-state index contributed by atoms with van der Waals surface area (Å²) in [4.78, 5) is 14.2. The Morgan fingerprint density at radius 3 is 2.75 bits per heavy atom. The van der Waals surface area contributed by atoms with Crippen LogP contribution >= 0.6 is 11.8 Å². The smallest absolute Gasteiger partial charge is 0.160 e. The first kappa shape index (κ1) is 18.0. The number of thioether (sulfide) groups is 1. The summed E-state index contributed by atoms with van der Waals surface area (Å²) in [5, 5.41) is 1.04. The van der Waals surface area contributed by atoms with Gasteiger partial charge in [0.05, 0.1) is 11.7 Å². The summed E-state index contributed by atoms with van der Waals surface area (Å²) in [6.45, 7) is 4.24. The molecule has 4 nitrogen and oxygen atoms in total. The zero-order valence-corrected chi connectivity index (χ0v) is 16.9. The molecule has 0 saturated carbocycles. The second-order valence-corrected chi connectivity index (χ2v) is 8.72. The Kier molecular flexibility index (Phi) is 4.75. The molecule has 3 atom stereocenters. The second-order valence-electron chi connectivity index (χ2n) is 7.74. The summed E-state index contributed by atoms with van der Waals surface area (Å²) in [7, 11) is 0. The summed E-state index contributed by atoms with van der Waals surface area (Å²) in [6.07, 6.45) is 5.21. The van der Waals surface area contributed by atoms with Gasteiger partial charge < -0.3 is 9.80 Å². The fourth-order valence-electron chi connectivity index (χ4n) is 4.61. The Balaban J connectivity index is 1.55. The topological polar surface area (TPSA) is 31.7 Å². The zero-order chi connectivity index (χ0) is 19.1. The third-order valence-electron chi connectivity index (χ3n) is 6.10. The van der Waals surface area contributed by atoms with E-state index in [2.05, 4.69) is 27.8 Å². The lowest BCUT2D eigenvalue weighted by molar-refractivity contribution is 0.250. The van der Waals surface area contributed by atoms with E-state index in [4.69, 9.17) is 4.99 Å². The molecule has 2 saturated heterocycles. The molecule has 1 aromatic carbocycles. The highest BCUT2D eigenvalue weighted by Gasteiger charge is 2.46. The van der Waals surface area contributed by atoms with Crippen molar-refractivity contribution in [3.63, 3.8) is 0 Å². The van der Waals surface area contributed by atoms with Crippen molar-refractivity contribution in [2.24, 2.45) is 4.99 Å². The summed E-state index contributed by atoms with van der Waals surface area (Å²) in [6, 6.07) is 11.8. The van der Waals surface area contributed by atoms with Crippen LogP contribution in [-0.2, 0) is 0 Å². The van der Waals surface area contributed by atoms with Crippen LogP contribution in [0.5, 0.6) is 0 Å². The first-order valence-electron chi connectivity index (χ1n) is 10.2. The van der Waals surface area contributed by atoms with Gasteiger partial charge in [0.1, 0.15) is 11.9 Å². The molecule has 1 aromatic heterocycles. The van der Waals surface area contributed by atoms with E-state index < -0.39 is 0 Å². The third kappa shape index (κ3) is 2.98. The van der Waals surface area contributed by atoms with Crippen LogP contribution in [0, 0.1) is 5.82 Å². The fourth-order valence-corrected chi connectivity index (χ4v) is 5.95. The second kappa shape index (κ2) is 7.39. The number of rotatable bonds is 4. The van der Waals surface area contributed by atoms with Crippen molar-refractivity contribution in [3.8, 4) is 0 Å². The van der Waals surface area contributed by atoms with Gasteiger partial charge in [-0.3, -0.25) is 9.98 Å². The van der Waals surface area contributed by atoms with Gasteiger partial charge in [-0.25, -0.2) is 4.39 Å². The SMILES string of the molecule is CCC1CSC2=NC(c3ccccn3)C(c3ccc(N4CCCC4)cc3F)N21. The van der Waals surface area contributed by atoms with E-state index in [1.165, 1.54) is 12.8 Å². The Hall–Kier alpha value is -2.08. The van der Waals surface area contributed by atoms with Crippen molar-refractivity contribution < 1.29 is 4.39 Å². The molecule has 3 unspecified atom stereocenters. The summed E-state index contributed by atoms with van der Waals surface area (Å²) in [5.74, 6) is 0.896. The number of halogens is 1. The molecule has 2 aromatic rings. The summed E-state index contributed by atoms with van der Waals surface area (Å²) < 4.78 is 15.4. The van der Waals surface area contributed by atoms with Gasteiger partial charge in [0.25, 0.3) is 0 Å². The normalized spacial score (nSPS) is 26.6. The van der Waals surface area contributed by atoms with Crippen LogP contribution in [0.4, 0.5) is 10.1 Å². The minimum atomic E-state index is -0.162. The maximum absolute atomic E-state index is 15.4. The number of fused-ring (bicyclic) bond motifs is 1. The minimum absolute atomic E-state index is 0.126. The largest absolute Gasteiger partial charge is 0.371 e. The fraction of sp³-hybridized carbons (Fsp3) is 0.455. The lowest BCUT2D eigenvalue weighted by atomic mass is 9.94. The molecule has 0 spiro atoms. The number of hydrogen-bond acceptors (Lipinski definition) is 5. The number of nitrogens with zero attached hydrogens (tertiary/aromatic N) is 4. The molecule has 146 valence electrons. The molecule has 3 aliphatic heterocycles. The number of anilines is 1. The zero-order valence-electron chi connectivity index (χ0n) is 16.1. The lowest BCUT2D eigenvalue weighted by Gasteiger charge is -2.32. The number of pyridine rings is 1. The Morgan fingerprint density at radius 2 is 2.04 bits per heavy atom. The number of hydrogen-bond donors (Lipinski definition) is 0. The van der Waals surface area contributed by atoms with Gasteiger partial charge >= 0.3 is 0 Å². The average Bonchev–Trinajstić information content (AvgIpc) is 3.45. The predicted octanol–water partition coefficient (Wildman–Crippen LogP) is 4.80. The Morgan fingerprint density at radius 1 is 1.18 bits per heavy atom. The number of aromatic nitrogens is 1. The van der Waals surface area contributed by atoms with E-state index in [1.807, 2.05) is 24.3 Å². The van der Waals surface area contributed by atoms with Gasteiger partial charge in [0, 0.05) is 42.3 Å². The molecule has 2 fully saturated rings. The van der Waals surface area contributed by atoms with Gasteiger partial charge in [-0.05, 0) is 43.5 Å². The molecule has 5 rings (SSSR count). The molecule has 0 N–H and O–H groups in total. The van der Waals surface area contributed by atoms with E-state index in [0.29, 0.717) is 6.04 Å². The monoisotopic (exact) mass is 396 g/mol. The highest BCUT2D eigenvalue weighted by atomic mass is 32.2. The maximum atomic E-state index is 15.4. The van der Waals surface area contributed by atoms with E-state index in [1.54, 1.807) is 24.0 Å². The van der Waals surface area contributed by atoms with Crippen molar-refractivity contribution in [1.29, 1.82) is 0 Å². The van der Waals surface area contributed by atoms with Crippen LogP contribution in [0.15, 0.2) is 47.6 Å². The molecular weight excluding hydrogens is 371 g/mol. The van der Waals surface area contributed by atoms with Crippen LogP contribution in [0.25, 0.3) is 0 Å². The average molecular weight is 397 g/mol. The highest BCUT2D eigenvalue weighted by molar-refractivity contribution is 8.14. The predicted molar refractivity (Wildman–Crippen MR) is 113 cm³/mol. The van der Waals surface area contributed by atoms with Crippen molar-refractivity contribution >= 4 is 22.6 Å². The number of aliphatic imine (C=N–C) groups is 1. The van der Waals surface area contributed by atoms with E-state index >= 15 is 4.39 Å². The van der Waals surface area contributed by atoms with Crippen LogP contribution < -0.4 is 4.90 Å². The van der Waals surface area contributed by atoms with Crippen molar-refractivity contribution in [1.82, 2.24) is 9.88 Å². The summed E-state index contributed by atoms with van der Waals surface area (Å²) in [5.41, 5.74) is 2.64. The first-order valence-corrected chi connectivity index (χ1v) is 11.2. The Labute approximate surface area is 169 Å². The van der Waals surface area contributed by atoms with E-state index in [9.17, 15) is 0 Å². The van der Waals surface area contributed by atoms with Gasteiger partial charge in [-0.1, -0.05) is 30.8 Å². The summed E-state index contributed by atoms with van der Waals surface area (Å²) >= 11 is 1.79. The number of amidine groups is 1. The molecule has 28 heavy (non-hydrogen) atoms. The van der Waals surface area contributed by atoms with Crippen molar-refractivity contribution in [3.05, 3.63) is 59.7 Å². The molecular formula is C22H25FN4S. The molecule has 6 heteroatoms. The van der Waals surface area contributed by atoms with E-state index in [0.717, 1.165) is 47.4 Å². The quantitative estimate of drug-likeness (QED) is 0.743. The number of benzene rings is 1. The standard InChI is InChI=1S/C22H25FN4S/c1-2-15-14-28-22-25-20(19-7-3-4-10-24-19)21(27(15)22)17-9-8-16(13-18(17)23)26-11-5-6-12-26/h3-4,7-10,13,15,20-21H,2,5-6,11-12,14H2,1H3. The van der Waals surface area contributed by atoms with E-state index in [-0.39, 0.29) is 17.9 Å². The molecule has 0 amide bonds. The molecule has 3 aliphatic rings. The van der Waals surface area contributed by atoms with Crippen molar-refractivity contribution in [2.45, 2.75) is 44.3 Å². The molecule has 0 aliphatic carbocycles. The lowest BCUT2D eigenvalue weighted by Crippen LogP contribution is -2.35. The van der Waals surface area contributed by atoms with Gasteiger partial charge in [0.2, 0.25) is 0 Å². The Bertz CT molecular complexity index is 881. The third-order valence-corrected chi connectivity index (χ3v) is 7.23. The van der Waals surface area contributed by atoms with Gasteiger partial charge in [0.15, 0.2) is 5.17 Å². The molecule has 0 radical (unpaired) electrons. The van der Waals surface area contributed by atoms with Crippen molar-refractivity contribution in [2.75, 3.05) is 23.7 Å². The van der Waals surface area contributed by atoms with Gasteiger partial charge in [-0.15, -0.1) is 0 Å². The van der Waals surface area contributed by atoms with Crippen LogP contribution in [-0.4, -0.2) is 39.9 Å². The maximum Gasteiger partial charge on any atom is 0.160 e. The van der Waals surface area contributed by atoms with Crippen LogP contribution in [0.2, 0.25) is 0 Å². The highest BCUT2D eigenvalue weighted by Crippen LogP contribution is 2.49.